The quantitative estimate of drug-likeness (QED) is 0.701. The van der Waals surface area contributed by atoms with E-state index in [1.165, 1.54) is 25.4 Å². The molecule has 1 atom stereocenters. The third-order valence-corrected chi connectivity index (χ3v) is 5.51. The molecule has 0 spiro atoms. The molecule has 20 heavy (non-hydrogen) atoms. The molecule has 1 fully saturated rings. The van der Waals surface area contributed by atoms with Gasteiger partial charge < -0.3 is 9.88 Å². The Morgan fingerprint density at radius 3 is 2.55 bits per heavy atom. The Morgan fingerprint density at radius 1 is 1.35 bits per heavy atom. The minimum Gasteiger partial charge on any atom is -0.315 e. The van der Waals surface area contributed by atoms with Crippen molar-refractivity contribution in [3.8, 4) is 0 Å². The predicted octanol–water partition coefficient (Wildman–Crippen LogP) is -1.93. The second-order valence-corrected chi connectivity index (χ2v) is 6.88. The lowest BCUT2D eigenvalue weighted by molar-refractivity contribution is 0.386. The van der Waals surface area contributed by atoms with Crippen molar-refractivity contribution in [3.05, 3.63) is 27.0 Å². The molecule has 0 radical (unpaired) electrons. The average Bonchev–Trinajstić information content (AvgIpc) is 2.93. The first-order valence-electron chi connectivity index (χ1n) is 6.22. The summed E-state index contributed by atoms with van der Waals surface area (Å²) in [5.74, 6) is 0. The van der Waals surface area contributed by atoms with Gasteiger partial charge in [-0.05, 0) is 13.0 Å². The molecular formula is C11H18N4O4S. The molecule has 0 bridgehead atoms. The number of nitrogens with zero attached hydrogens (tertiary/aromatic N) is 3. The minimum absolute atomic E-state index is 0.179. The Balaban J connectivity index is 2.55. The van der Waals surface area contributed by atoms with Crippen LogP contribution < -0.4 is 16.6 Å². The van der Waals surface area contributed by atoms with Gasteiger partial charge in [-0.25, -0.2) is 13.2 Å². The van der Waals surface area contributed by atoms with E-state index in [0.29, 0.717) is 13.0 Å². The highest BCUT2D eigenvalue weighted by molar-refractivity contribution is 7.89. The minimum atomic E-state index is -3.91. The maximum absolute atomic E-state index is 12.5. The molecule has 0 aliphatic carbocycles. The summed E-state index contributed by atoms with van der Waals surface area (Å²) in [5, 5.41) is 3.08. The maximum atomic E-state index is 12.5. The van der Waals surface area contributed by atoms with Crippen molar-refractivity contribution in [2.75, 3.05) is 20.1 Å². The average molecular weight is 302 g/mol. The van der Waals surface area contributed by atoms with Crippen molar-refractivity contribution < 1.29 is 8.42 Å². The number of nitrogens with one attached hydrogen (secondary N) is 1. The lowest BCUT2D eigenvalue weighted by Gasteiger charge is -2.23. The van der Waals surface area contributed by atoms with Crippen molar-refractivity contribution in [3.63, 3.8) is 0 Å². The maximum Gasteiger partial charge on any atom is 0.330 e. The molecule has 1 aromatic rings. The molecule has 0 amide bonds. The van der Waals surface area contributed by atoms with E-state index in [1.807, 2.05) is 0 Å². The van der Waals surface area contributed by atoms with Crippen molar-refractivity contribution in [1.82, 2.24) is 18.8 Å². The van der Waals surface area contributed by atoms with Crippen LogP contribution in [0.25, 0.3) is 0 Å². The van der Waals surface area contributed by atoms with Crippen LogP contribution in [0.1, 0.15) is 6.42 Å². The lowest BCUT2D eigenvalue weighted by atomic mass is 10.3. The van der Waals surface area contributed by atoms with Gasteiger partial charge in [0.25, 0.3) is 5.56 Å². The van der Waals surface area contributed by atoms with Crippen molar-refractivity contribution in [2.45, 2.75) is 17.4 Å². The van der Waals surface area contributed by atoms with Gasteiger partial charge in [-0.15, -0.1) is 0 Å². The van der Waals surface area contributed by atoms with Crippen LogP contribution in [-0.4, -0.2) is 48.0 Å². The summed E-state index contributed by atoms with van der Waals surface area (Å²) in [6.45, 7) is 1.30. The van der Waals surface area contributed by atoms with Crippen molar-refractivity contribution in [1.29, 1.82) is 0 Å². The summed E-state index contributed by atoms with van der Waals surface area (Å²) >= 11 is 0. The van der Waals surface area contributed by atoms with Crippen LogP contribution in [0.2, 0.25) is 0 Å². The molecular weight excluding hydrogens is 284 g/mol. The molecule has 1 aromatic heterocycles. The lowest BCUT2D eigenvalue weighted by Crippen LogP contribution is -2.44. The number of likely N-dealkylation sites (N-methyl/N-ethyl adjacent to an activating group) is 1. The summed E-state index contributed by atoms with van der Waals surface area (Å²) < 4.78 is 28.1. The Morgan fingerprint density at radius 2 is 2.00 bits per heavy atom. The van der Waals surface area contributed by atoms with E-state index in [1.54, 1.807) is 0 Å². The van der Waals surface area contributed by atoms with E-state index in [-0.39, 0.29) is 10.9 Å². The van der Waals surface area contributed by atoms with Gasteiger partial charge >= 0.3 is 5.69 Å². The van der Waals surface area contributed by atoms with Crippen molar-refractivity contribution in [2.24, 2.45) is 14.1 Å². The second kappa shape index (κ2) is 5.15. The normalized spacial score (nSPS) is 19.7. The van der Waals surface area contributed by atoms with E-state index >= 15 is 0 Å². The summed E-state index contributed by atoms with van der Waals surface area (Å²) in [5.41, 5.74) is -1.36. The highest BCUT2D eigenvalue weighted by Gasteiger charge is 2.32. The van der Waals surface area contributed by atoms with E-state index < -0.39 is 21.3 Å². The largest absolute Gasteiger partial charge is 0.330 e. The van der Waals surface area contributed by atoms with Crippen LogP contribution in [0.4, 0.5) is 0 Å². The summed E-state index contributed by atoms with van der Waals surface area (Å²) in [7, 11) is 0.221. The molecule has 1 aliphatic heterocycles. The molecule has 0 saturated carbocycles. The summed E-state index contributed by atoms with van der Waals surface area (Å²) in [6, 6.07) is -0.179. The van der Waals surface area contributed by atoms with Crippen LogP contribution in [0.5, 0.6) is 0 Å². The van der Waals surface area contributed by atoms with Gasteiger partial charge in [0.1, 0.15) is 0 Å². The number of sulfonamides is 1. The van der Waals surface area contributed by atoms with Gasteiger partial charge in [0, 0.05) is 39.9 Å². The fraction of sp³-hybridized carbons (Fsp3) is 0.636. The second-order valence-electron chi connectivity index (χ2n) is 4.92. The van der Waals surface area contributed by atoms with E-state index in [2.05, 4.69) is 5.32 Å². The topological polar surface area (TPSA) is 93.4 Å². The third kappa shape index (κ3) is 2.32. The molecule has 2 heterocycles. The monoisotopic (exact) mass is 302 g/mol. The summed E-state index contributed by atoms with van der Waals surface area (Å²) in [6.07, 6.45) is 1.78. The van der Waals surface area contributed by atoms with Gasteiger partial charge in [0.2, 0.25) is 10.0 Å². The zero-order chi connectivity index (χ0) is 15.1. The molecule has 9 heteroatoms. The highest BCUT2D eigenvalue weighted by atomic mass is 32.2. The third-order valence-electron chi connectivity index (χ3n) is 3.62. The molecule has 1 saturated heterocycles. The number of aryl methyl sites for hydroxylation is 1. The first kappa shape index (κ1) is 14.9. The fourth-order valence-corrected chi connectivity index (χ4v) is 3.78. The van der Waals surface area contributed by atoms with Gasteiger partial charge in [0.05, 0.1) is 0 Å². The SMILES string of the molecule is CN(C1CCNC1)S(=O)(=O)c1cn(C)c(=O)n(C)c1=O. The highest BCUT2D eigenvalue weighted by Crippen LogP contribution is 2.15. The van der Waals surface area contributed by atoms with Crippen LogP contribution in [0.3, 0.4) is 0 Å². The van der Waals surface area contributed by atoms with Gasteiger partial charge in [-0.1, -0.05) is 0 Å². The van der Waals surface area contributed by atoms with E-state index in [0.717, 1.165) is 21.9 Å². The van der Waals surface area contributed by atoms with Crippen molar-refractivity contribution >= 4 is 10.0 Å². The molecule has 1 N–H and O–H groups in total. The first-order valence-corrected chi connectivity index (χ1v) is 7.66. The zero-order valence-corrected chi connectivity index (χ0v) is 12.5. The Hall–Kier alpha value is -1.45. The first-order chi connectivity index (χ1) is 9.26. The molecule has 1 aliphatic rings. The molecule has 1 unspecified atom stereocenters. The van der Waals surface area contributed by atoms with Crippen LogP contribution in [0.15, 0.2) is 20.7 Å². The van der Waals surface area contributed by atoms with Gasteiger partial charge in [0.15, 0.2) is 4.90 Å². The van der Waals surface area contributed by atoms with E-state index in [9.17, 15) is 18.0 Å². The fourth-order valence-electron chi connectivity index (χ4n) is 2.25. The number of hydrogen-bond acceptors (Lipinski definition) is 5. The Kier molecular flexibility index (Phi) is 3.85. The molecule has 112 valence electrons. The molecule has 2 rings (SSSR count). The zero-order valence-electron chi connectivity index (χ0n) is 11.7. The van der Waals surface area contributed by atoms with Gasteiger partial charge in [-0.3, -0.25) is 9.36 Å². The summed E-state index contributed by atoms with van der Waals surface area (Å²) in [4.78, 5) is 23.3. The smallest absolute Gasteiger partial charge is 0.315 e. The van der Waals surface area contributed by atoms with Crippen LogP contribution >= 0.6 is 0 Å². The predicted molar refractivity (Wildman–Crippen MR) is 73.1 cm³/mol. The Labute approximate surface area is 116 Å². The Bertz CT molecular complexity index is 728. The number of hydrogen-bond donors (Lipinski definition) is 1. The standard InChI is InChI=1S/C11H18N4O4S/c1-13-7-9(10(16)14(2)11(13)17)20(18,19)15(3)8-4-5-12-6-8/h7-8,12H,4-6H2,1-3H3. The van der Waals surface area contributed by atoms with Crippen LogP contribution in [-0.2, 0) is 24.1 Å². The van der Waals surface area contributed by atoms with Gasteiger partial charge in [-0.2, -0.15) is 4.31 Å². The number of rotatable bonds is 3. The molecule has 8 nitrogen and oxygen atoms in total. The van der Waals surface area contributed by atoms with E-state index in [4.69, 9.17) is 0 Å². The van der Waals surface area contributed by atoms with Crippen LogP contribution in [0, 0.1) is 0 Å². The number of aromatic nitrogens is 2. The molecule has 0 aromatic carbocycles.